The quantitative estimate of drug-likeness (QED) is 0.851. The highest BCUT2D eigenvalue weighted by Crippen LogP contribution is 2.25. The molecule has 2 aromatic rings. The van der Waals surface area contributed by atoms with Crippen molar-refractivity contribution < 1.29 is 14.3 Å². The summed E-state index contributed by atoms with van der Waals surface area (Å²) in [6.45, 7) is 1.47. The third kappa shape index (κ3) is 4.00. The van der Waals surface area contributed by atoms with Crippen LogP contribution in [0, 0.1) is 0 Å². The molecule has 0 aliphatic carbocycles. The second-order valence-electron chi connectivity index (χ2n) is 4.50. The van der Waals surface area contributed by atoms with Crippen LogP contribution in [0.15, 0.2) is 48.5 Å². The van der Waals surface area contributed by atoms with E-state index < -0.39 is 18.0 Å². The molecule has 1 atom stereocenters. The lowest BCUT2D eigenvalue weighted by Crippen LogP contribution is -2.30. The standard InChI is InChI=1S/C16H13Cl2NO3/c1-10(15(20)19-11-6-3-2-4-7-11)22-16(21)14-12(17)8-5-9-13(14)18/h2-10H,1H3,(H,19,20)/t10-/m0/s1. The molecule has 0 aromatic heterocycles. The molecule has 0 unspecified atom stereocenters. The Morgan fingerprint density at radius 3 is 2.18 bits per heavy atom. The topological polar surface area (TPSA) is 55.4 Å². The van der Waals surface area contributed by atoms with Crippen LogP contribution in [0.5, 0.6) is 0 Å². The van der Waals surface area contributed by atoms with Gasteiger partial charge >= 0.3 is 5.97 Å². The van der Waals surface area contributed by atoms with E-state index in [0.29, 0.717) is 5.69 Å². The van der Waals surface area contributed by atoms with E-state index in [1.165, 1.54) is 19.1 Å². The van der Waals surface area contributed by atoms with Gasteiger partial charge in [-0.05, 0) is 31.2 Å². The van der Waals surface area contributed by atoms with Crippen LogP contribution in [-0.4, -0.2) is 18.0 Å². The summed E-state index contributed by atoms with van der Waals surface area (Å²) in [7, 11) is 0. The first-order valence-corrected chi connectivity index (χ1v) is 7.25. The lowest BCUT2D eigenvalue weighted by Gasteiger charge is -2.14. The molecule has 2 aromatic carbocycles. The van der Waals surface area contributed by atoms with Crippen molar-refractivity contribution in [2.45, 2.75) is 13.0 Å². The third-order valence-electron chi connectivity index (χ3n) is 2.86. The second kappa shape index (κ2) is 7.29. The van der Waals surface area contributed by atoms with E-state index in [2.05, 4.69) is 5.32 Å². The Hall–Kier alpha value is -2.04. The predicted octanol–water partition coefficient (Wildman–Crippen LogP) is 4.18. The highest BCUT2D eigenvalue weighted by atomic mass is 35.5. The molecule has 4 nitrogen and oxygen atoms in total. The van der Waals surface area contributed by atoms with E-state index in [1.807, 2.05) is 6.07 Å². The number of para-hydroxylation sites is 1. The number of hydrogen-bond acceptors (Lipinski definition) is 3. The van der Waals surface area contributed by atoms with Gasteiger partial charge in [0.15, 0.2) is 6.10 Å². The van der Waals surface area contributed by atoms with Crippen LogP contribution >= 0.6 is 23.2 Å². The zero-order chi connectivity index (χ0) is 16.1. The first-order chi connectivity index (χ1) is 10.5. The monoisotopic (exact) mass is 337 g/mol. The van der Waals surface area contributed by atoms with Gasteiger partial charge in [-0.2, -0.15) is 0 Å². The number of carbonyl (C=O) groups excluding carboxylic acids is 2. The first-order valence-electron chi connectivity index (χ1n) is 6.50. The molecule has 0 aliphatic rings. The molecule has 0 aliphatic heterocycles. The Morgan fingerprint density at radius 1 is 1.00 bits per heavy atom. The molecule has 1 N–H and O–H groups in total. The number of amides is 1. The number of carbonyl (C=O) groups is 2. The Kier molecular flexibility index (Phi) is 5.41. The number of ether oxygens (including phenoxy) is 1. The fourth-order valence-corrected chi connectivity index (χ4v) is 2.28. The molecule has 0 radical (unpaired) electrons. The Balaban J connectivity index is 2.03. The zero-order valence-electron chi connectivity index (χ0n) is 11.7. The summed E-state index contributed by atoms with van der Waals surface area (Å²) >= 11 is 11.9. The van der Waals surface area contributed by atoms with Crippen LogP contribution in [0.4, 0.5) is 5.69 Å². The van der Waals surface area contributed by atoms with Gasteiger partial charge in [-0.25, -0.2) is 4.79 Å². The summed E-state index contributed by atoms with van der Waals surface area (Å²) in [5, 5.41) is 2.99. The molecule has 0 saturated carbocycles. The zero-order valence-corrected chi connectivity index (χ0v) is 13.2. The average molecular weight is 338 g/mol. The van der Waals surface area contributed by atoms with Gasteiger partial charge in [0, 0.05) is 5.69 Å². The molecule has 0 saturated heterocycles. The van der Waals surface area contributed by atoms with E-state index in [0.717, 1.165) is 0 Å². The van der Waals surface area contributed by atoms with Crippen molar-refractivity contribution in [2.24, 2.45) is 0 Å². The largest absolute Gasteiger partial charge is 0.449 e. The number of esters is 1. The Morgan fingerprint density at radius 2 is 1.59 bits per heavy atom. The molecule has 0 heterocycles. The average Bonchev–Trinajstić information content (AvgIpc) is 2.48. The number of halogens is 2. The number of nitrogens with one attached hydrogen (secondary N) is 1. The van der Waals surface area contributed by atoms with Crippen molar-refractivity contribution in [1.82, 2.24) is 0 Å². The molecule has 1 amide bonds. The van der Waals surface area contributed by atoms with Crippen molar-refractivity contribution in [3.63, 3.8) is 0 Å². The van der Waals surface area contributed by atoms with Gasteiger partial charge in [-0.1, -0.05) is 47.5 Å². The van der Waals surface area contributed by atoms with Crippen LogP contribution in [0.3, 0.4) is 0 Å². The molecule has 6 heteroatoms. The van der Waals surface area contributed by atoms with E-state index in [1.54, 1.807) is 30.3 Å². The number of anilines is 1. The SMILES string of the molecule is C[C@H](OC(=O)c1c(Cl)cccc1Cl)C(=O)Nc1ccccc1. The van der Waals surface area contributed by atoms with Gasteiger partial charge in [0.1, 0.15) is 0 Å². The normalized spacial score (nSPS) is 11.6. The molecule has 0 spiro atoms. The summed E-state index contributed by atoms with van der Waals surface area (Å²) < 4.78 is 5.11. The second-order valence-corrected chi connectivity index (χ2v) is 5.31. The number of hydrogen-bond donors (Lipinski definition) is 1. The van der Waals surface area contributed by atoms with E-state index in [4.69, 9.17) is 27.9 Å². The summed E-state index contributed by atoms with van der Waals surface area (Å²) in [4.78, 5) is 24.1. The van der Waals surface area contributed by atoms with Crippen LogP contribution < -0.4 is 5.32 Å². The smallest absolute Gasteiger partial charge is 0.341 e. The molecular formula is C16H13Cl2NO3. The van der Waals surface area contributed by atoms with Crippen LogP contribution in [0.1, 0.15) is 17.3 Å². The highest BCUT2D eigenvalue weighted by Gasteiger charge is 2.22. The maximum atomic E-state index is 12.1. The fraction of sp³-hybridized carbons (Fsp3) is 0.125. The number of benzene rings is 2. The summed E-state index contributed by atoms with van der Waals surface area (Å²) in [6.07, 6.45) is -0.986. The molecule has 0 fully saturated rings. The summed E-state index contributed by atoms with van der Waals surface area (Å²) in [6, 6.07) is 13.5. The maximum absolute atomic E-state index is 12.1. The van der Waals surface area contributed by atoms with E-state index >= 15 is 0 Å². The minimum absolute atomic E-state index is 0.0465. The van der Waals surface area contributed by atoms with E-state index in [-0.39, 0.29) is 15.6 Å². The molecule has 0 bridgehead atoms. The minimum atomic E-state index is -0.986. The van der Waals surface area contributed by atoms with E-state index in [9.17, 15) is 9.59 Å². The highest BCUT2D eigenvalue weighted by molar-refractivity contribution is 6.39. The fourth-order valence-electron chi connectivity index (χ4n) is 1.73. The lowest BCUT2D eigenvalue weighted by atomic mass is 10.2. The van der Waals surface area contributed by atoms with Gasteiger partial charge < -0.3 is 10.1 Å². The Labute approximate surface area is 138 Å². The lowest BCUT2D eigenvalue weighted by molar-refractivity contribution is -0.123. The first kappa shape index (κ1) is 16.3. The van der Waals surface area contributed by atoms with Crippen LogP contribution in [0.25, 0.3) is 0 Å². The van der Waals surface area contributed by atoms with Crippen molar-refractivity contribution in [1.29, 1.82) is 0 Å². The van der Waals surface area contributed by atoms with Crippen LogP contribution in [0.2, 0.25) is 10.0 Å². The number of rotatable bonds is 4. The van der Waals surface area contributed by atoms with Gasteiger partial charge in [-0.3, -0.25) is 4.79 Å². The predicted molar refractivity (Wildman–Crippen MR) is 86.4 cm³/mol. The van der Waals surface area contributed by atoms with Crippen molar-refractivity contribution in [3.8, 4) is 0 Å². The Bertz CT molecular complexity index is 669. The molecule has 22 heavy (non-hydrogen) atoms. The molecule has 114 valence electrons. The van der Waals surface area contributed by atoms with Gasteiger partial charge in [0.25, 0.3) is 5.91 Å². The maximum Gasteiger partial charge on any atom is 0.341 e. The van der Waals surface area contributed by atoms with Gasteiger partial charge in [0.05, 0.1) is 15.6 Å². The van der Waals surface area contributed by atoms with Crippen molar-refractivity contribution >= 4 is 40.8 Å². The summed E-state index contributed by atoms with van der Waals surface area (Å²) in [5.74, 6) is -1.19. The summed E-state index contributed by atoms with van der Waals surface area (Å²) in [5.41, 5.74) is 0.663. The molecule has 2 rings (SSSR count). The van der Waals surface area contributed by atoms with Gasteiger partial charge in [0.2, 0.25) is 0 Å². The van der Waals surface area contributed by atoms with Crippen LogP contribution in [-0.2, 0) is 9.53 Å². The third-order valence-corrected chi connectivity index (χ3v) is 3.49. The van der Waals surface area contributed by atoms with Gasteiger partial charge in [-0.15, -0.1) is 0 Å². The van der Waals surface area contributed by atoms with Crippen molar-refractivity contribution in [3.05, 3.63) is 64.1 Å². The minimum Gasteiger partial charge on any atom is -0.449 e. The van der Waals surface area contributed by atoms with Crippen molar-refractivity contribution in [2.75, 3.05) is 5.32 Å². The molecular weight excluding hydrogens is 325 g/mol.